The quantitative estimate of drug-likeness (QED) is 0.527. The van der Waals surface area contributed by atoms with Crippen LogP contribution in [0.4, 0.5) is 15.9 Å². The zero-order valence-electron chi connectivity index (χ0n) is 13.9. The monoisotopic (exact) mass is 353 g/mol. The molecule has 0 bridgehead atoms. The van der Waals surface area contributed by atoms with Gasteiger partial charge in [0.25, 0.3) is 5.69 Å². The Labute approximate surface area is 149 Å². The van der Waals surface area contributed by atoms with Crippen molar-refractivity contribution >= 4 is 11.5 Å². The lowest BCUT2D eigenvalue weighted by Crippen LogP contribution is -2.13. The fourth-order valence-electron chi connectivity index (χ4n) is 2.54. The largest absolute Gasteiger partial charge is 0.497 e. The van der Waals surface area contributed by atoms with E-state index in [9.17, 15) is 14.5 Å². The second kappa shape index (κ2) is 7.60. The van der Waals surface area contributed by atoms with E-state index in [1.807, 2.05) is 24.3 Å². The topological polar surface area (TPSA) is 77.3 Å². The van der Waals surface area contributed by atoms with Gasteiger partial charge < -0.3 is 10.1 Å². The third-order valence-electron chi connectivity index (χ3n) is 3.90. The van der Waals surface area contributed by atoms with Crippen molar-refractivity contribution in [3.05, 3.63) is 93.9 Å². The Hall–Kier alpha value is -3.48. The van der Waals surface area contributed by atoms with E-state index in [1.165, 1.54) is 30.5 Å². The minimum atomic E-state index is -0.502. The Bertz CT molecular complexity index is 881. The molecule has 1 N–H and O–H groups in total. The average molecular weight is 353 g/mol. The highest BCUT2D eigenvalue weighted by molar-refractivity contribution is 5.47. The molecule has 0 amide bonds. The fourth-order valence-corrected chi connectivity index (χ4v) is 2.54. The van der Waals surface area contributed by atoms with Crippen molar-refractivity contribution in [3.63, 3.8) is 0 Å². The van der Waals surface area contributed by atoms with Crippen LogP contribution in [0.1, 0.15) is 17.2 Å². The lowest BCUT2D eigenvalue weighted by Gasteiger charge is -2.20. The first kappa shape index (κ1) is 17.3. The number of hydrogen-bond acceptors (Lipinski definition) is 5. The molecule has 0 radical (unpaired) electrons. The number of ether oxygens (including phenoxy) is 1. The molecule has 1 heterocycles. The first-order chi connectivity index (χ1) is 12.6. The molecule has 1 atom stereocenters. The first-order valence-electron chi connectivity index (χ1n) is 7.83. The summed E-state index contributed by atoms with van der Waals surface area (Å²) in [5, 5.41) is 14.0. The van der Waals surface area contributed by atoms with Gasteiger partial charge in [-0.1, -0.05) is 24.3 Å². The van der Waals surface area contributed by atoms with Gasteiger partial charge in [0.15, 0.2) is 0 Å². The number of anilines is 1. The summed E-state index contributed by atoms with van der Waals surface area (Å²) in [6, 6.07) is 16.2. The van der Waals surface area contributed by atoms with Crippen molar-refractivity contribution in [1.82, 2.24) is 4.98 Å². The Balaban J connectivity index is 1.93. The lowest BCUT2D eigenvalue weighted by molar-refractivity contribution is -0.385. The van der Waals surface area contributed by atoms with E-state index in [0.717, 1.165) is 16.9 Å². The summed E-state index contributed by atoms with van der Waals surface area (Å²) in [6.45, 7) is 0. The maximum atomic E-state index is 13.3. The Morgan fingerprint density at radius 3 is 2.15 bits per heavy atom. The highest BCUT2D eigenvalue weighted by Crippen LogP contribution is 2.28. The second-order valence-electron chi connectivity index (χ2n) is 5.56. The fraction of sp³-hybridized carbons (Fsp3) is 0.105. The van der Waals surface area contributed by atoms with Crippen molar-refractivity contribution in [2.45, 2.75) is 6.04 Å². The van der Waals surface area contributed by atoms with Gasteiger partial charge in [-0.25, -0.2) is 9.37 Å². The van der Waals surface area contributed by atoms with Crippen molar-refractivity contribution < 1.29 is 14.1 Å². The van der Waals surface area contributed by atoms with Gasteiger partial charge in [0, 0.05) is 6.07 Å². The third kappa shape index (κ3) is 3.94. The van der Waals surface area contributed by atoms with Gasteiger partial charge in [0.1, 0.15) is 23.6 Å². The summed E-state index contributed by atoms with van der Waals surface area (Å²) in [7, 11) is 1.59. The number of nitrogens with zero attached hydrogens (tertiary/aromatic N) is 2. The molecule has 7 heteroatoms. The molecule has 1 aromatic heterocycles. The summed E-state index contributed by atoms with van der Waals surface area (Å²) in [5.41, 5.74) is 1.66. The van der Waals surface area contributed by atoms with Crippen LogP contribution >= 0.6 is 0 Å². The van der Waals surface area contributed by atoms with Gasteiger partial charge in [-0.15, -0.1) is 0 Å². The molecule has 0 spiro atoms. The third-order valence-corrected chi connectivity index (χ3v) is 3.90. The summed E-state index contributed by atoms with van der Waals surface area (Å²) in [5.74, 6) is 0.872. The second-order valence-corrected chi connectivity index (χ2v) is 5.56. The molecule has 1 unspecified atom stereocenters. The molecule has 6 nitrogen and oxygen atoms in total. The van der Waals surface area contributed by atoms with Crippen LogP contribution < -0.4 is 10.1 Å². The molecular formula is C19H16FN3O3. The Morgan fingerprint density at radius 2 is 1.65 bits per heavy atom. The molecule has 26 heavy (non-hydrogen) atoms. The van der Waals surface area contributed by atoms with Crippen molar-refractivity contribution in [2.24, 2.45) is 0 Å². The molecule has 0 saturated heterocycles. The molecule has 0 saturated carbocycles. The van der Waals surface area contributed by atoms with Crippen LogP contribution in [0, 0.1) is 15.9 Å². The zero-order valence-corrected chi connectivity index (χ0v) is 13.9. The summed E-state index contributed by atoms with van der Waals surface area (Å²) in [6.07, 6.45) is 1.19. The number of halogens is 1. The molecule has 3 aromatic rings. The molecule has 3 rings (SSSR count). The number of pyridine rings is 1. The zero-order chi connectivity index (χ0) is 18.5. The van der Waals surface area contributed by atoms with E-state index in [-0.39, 0.29) is 17.5 Å². The van der Waals surface area contributed by atoms with E-state index in [1.54, 1.807) is 19.2 Å². The molecule has 0 aliphatic heterocycles. The van der Waals surface area contributed by atoms with Crippen molar-refractivity contribution in [3.8, 4) is 5.75 Å². The summed E-state index contributed by atoms with van der Waals surface area (Å²) in [4.78, 5) is 14.4. The van der Waals surface area contributed by atoms with E-state index < -0.39 is 4.92 Å². The number of nitro groups is 1. The maximum Gasteiger partial charge on any atom is 0.287 e. The minimum absolute atomic E-state index is 0.0849. The predicted octanol–water partition coefficient (Wildman–Crippen LogP) is 4.34. The number of benzene rings is 2. The van der Waals surface area contributed by atoms with Crippen LogP contribution in [0.3, 0.4) is 0 Å². The molecule has 0 fully saturated rings. The van der Waals surface area contributed by atoms with E-state index in [2.05, 4.69) is 10.3 Å². The summed E-state index contributed by atoms with van der Waals surface area (Å²) < 4.78 is 18.5. The number of hydrogen-bond donors (Lipinski definition) is 1. The van der Waals surface area contributed by atoms with E-state index in [4.69, 9.17) is 4.74 Å². The van der Waals surface area contributed by atoms with Gasteiger partial charge in [0.2, 0.25) is 0 Å². The van der Waals surface area contributed by atoms with Gasteiger partial charge in [-0.05, 0) is 41.5 Å². The van der Waals surface area contributed by atoms with Crippen LogP contribution in [0.2, 0.25) is 0 Å². The van der Waals surface area contributed by atoms with Crippen molar-refractivity contribution in [1.29, 1.82) is 0 Å². The lowest BCUT2D eigenvalue weighted by atomic mass is 9.98. The summed E-state index contributed by atoms with van der Waals surface area (Å²) >= 11 is 0. The molecule has 0 aliphatic rings. The predicted molar refractivity (Wildman–Crippen MR) is 95.8 cm³/mol. The molecule has 132 valence electrons. The minimum Gasteiger partial charge on any atom is -0.497 e. The van der Waals surface area contributed by atoms with E-state index >= 15 is 0 Å². The van der Waals surface area contributed by atoms with Crippen molar-refractivity contribution in [2.75, 3.05) is 12.4 Å². The van der Waals surface area contributed by atoms with Gasteiger partial charge in [-0.3, -0.25) is 10.1 Å². The van der Waals surface area contributed by atoms with Crippen LogP contribution in [0.25, 0.3) is 0 Å². The normalized spacial score (nSPS) is 11.6. The highest BCUT2D eigenvalue weighted by Gasteiger charge is 2.16. The standard InChI is InChI=1S/C19H16FN3O3/c1-26-17-9-4-14(5-10-17)19(13-2-6-15(20)7-3-13)22-18-11-8-16(12-21-18)23(24)25/h2-12,19H,1H3,(H,21,22). The Kier molecular flexibility index (Phi) is 5.07. The van der Waals surface area contributed by atoms with Gasteiger partial charge in [0.05, 0.1) is 18.1 Å². The number of aromatic nitrogens is 1. The first-order valence-corrected chi connectivity index (χ1v) is 7.83. The van der Waals surface area contributed by atoms with Gasteiger partial charge in [-0.2, -0.15) is 0 Å². The van der Waals surface area contributed by atoms with Gasteiger partial charge >= 0.3 is 0 Å². The molecule has 0 aliphatic carbocycles. The van der Waals surface area contributed by atoms with Crippen LogP contribution in [0.5, 0.6) is 5.75 Å². The smallest absolute Gasteiger partial charge is 0.287 e. The molecule has 2 aromatic carbocycles. The number of rotatable bonds is 6. The van der Waals surface area contributed by atoms with E-state index in [0.29, 0.717) is 5.82 Å². The van der Waals surface area contributed by atoms with Crippen LogP contribution in [-0.2, 0) is 0 Å². The number of methoxy groups -OCH3 is 1. The SMILES string of the molecule is COc1ccc(C(Nc2ccc([N+](=O)[O-])cn2)c2ccc(F)cc2)cc1. The molecular weight excluding hydrogens is 337 g/mol. The van der Waals surface area contributed by atoms with Crippen LogP contribution in [-0.4, -0.2) is 17.0 Å². The number of nitrogens with one attached hydrogen (secondary N) is 1. The average Bonchev–Trinajstić information content (AvgIpc) is 2.67. The maximum absolute atomic E-state index is 13.3. The van der Waals surface area contributed by atoms with Crippen LogP contribution in [0.15, 0.2) is 66.9 Å². The highest BCUT2D eigenvalue weighted by atomic mass is 19.1. The Morgan fingerprint density at radius 1 is 1.04 bits per heavy atom.